The van der Waals surface area contributed by atoms with Crippen molar-refractivity contribution in [3.8, 4) is 0 Å². The smallest absolute Gasteiger partial charge is 0.200 e. The molecule has 2 atom stereocenters. The van der Waals surface area contributed by atoms with E-state index in [0.717, 1.165) is 17.7 Å². The molecule has 0 amide bonds. The van der Waals surface area contributed by atoms with E-state index in [4.69, 9.17) is 0 Å². The third-order valence-electron chi connectivity index (χ3n) is 4.23. The van der Waals surface area contributed by atoms with Gasteiger partial charge in [-0.3, -0.25) is 0 Å². The summed E-state index contributed by atoms with van der Waals surface area (Å²) in [4.78, 5) is 2.58. The Labute approximate surface area is 137 Å². The number of nitrogens with zero attached hydrogens (tertiary/aromatic N) is 1. The minimum absolute atomic E-state index is 0.232. The van der Waals surface area contributed by atoms with Crippen molar-refractivity contribution in [2.75, 3.05) is 0 Å². The van der Waals surface area contributed by atoms with E-state index < -0.39 is 10.0 Å². The lowest BCUT2D eigenvalue weighted by atomic mass is 10.1. The third kappa shape index (κ3) is 3.62. The highest BCUT2D eigenvalue weighted by Gasteiger charge is 2.40. The average molecular weight is 328 g/mol. The van der Waals surface area contributed by atoms with Gasteiger partial charge in [0.2, 0.25) is 0 Å². The summed E-state index contributed by atoms with van der Waals surface area (Å²) in [5.74, 6) is 0.766. The molecule has 1 fully saturated rings. The van der Waals surface area contributed by atoms with Gasteiger partial charge in [0.1, 0.15) is 0 Å². The molecule has 23 heavy (non-hydrogen) atoms. The van der Waals surface area contributed by atoms with Gasteiger partial charge in [-0.15, -0.1) is 0 Å². The van der Waals surface area contributed by atoms with Crippen molar-refractivity contribution < 1.29 is 8.42 Å². The van der Waals surface area contributed by atoms with Gasteiger partial charge in [-0.25, -0.2) is 4.83 Å². The summed E-state index contributed by atoms with van der Waals surface area (Å²) in [5.41, 5.74) is 3.13. The van der Waals surface area contributed by atoms with E-state index in [9.17, 15) is 8.42 Å². The maximum atomic E-state index is 12.2. The van der Waals surface area contributed by atoms with Crippen LogP contribution in [0.2, 0.25) is 0 Å². The number of hydrogen-bond acceptors (Lipinski definition) is 3. The van der Waals surface area contributed by atoms with Crippen LogP contribution in [-0.2, 0) is 10.0 Å². The highest BCUT2D eigenvalue weighted by Crippen LogP contribution is 2.48. The molecule has 1 N–H and O–H groups in total. The lowest BCUT2D eigenvalue weighted by Crippen LogP contribution is -2.20. The van der Waals surface area contributed by atoms with Crippen LogP contribution in [0.5, 0.6) is 0 Å². The lowest BCUT2D eigenvalue weighted by molar-refractivity contribution is 0.584. The first kappa shape index (κ1) is 15.7. The Kier molecular flexibility index (Phi) is 4.22. The monoisotopic (exact) mass is 328 g/mol. The van der Waals surface area contributed by atoms with Crippen LogP contribution >= 0.6 is 0 Å². The summed E-state index contributed by atoms with van der Waals surface area (Å²) in [6.45, 7) is 3.80. The molecule has 5 heteroatoms. The number of hydrazone groups is 1. The Bertz CT molecular complexity index is 812. The Hall–Kier alpha value is -2.14. The number of rotatable bonds is 5. The summed E-state index contributed by atoms with van der Waals surface area (Å²) in [6, 6.07) is 17.0. The molecule has 0 aromatic heterocycles. The second-order valence-corrected chi connectivity index (χ2v) is 7.68. The van der Waals surface area contributed by atoms with E-state index in [1.54, 1.807) is 24.3 Å². The van der Waals surface area contributed by atoms with Gasteiger partial charge in [-0.1, -0.05) is 48.0 Å². The van der Waals surface area contributed by atoms with Crippen molar-refractivity contribution in [3.05, 3.63) is 65.7 Å². The molecule has 1 saturated carbocycles. The second kappa shape index (κ2) is 6.16. The van der Waals surface area contributed by atoms with Crippen LogP contribution in [0.4, 0.5) is 0 Å². The molecule has 3 rings (SSSR count). The number of hydrogen-bond donors (Lipinski definition) is 1. The minimum atomic E-state index is -3.60. The quantitative estimate of drug-likeness (QED) is 0.675. The van der Waals surface area contributed by atoms with Crippen molar-refractivity contribution in [3.63, 3.8) is 0 Å². The zero-order chi connectivity index (χ0) is 16.4. The largest absolute Gasteiger partial charge is 0.276 e. The Morgan fingerprint density at radius 2 is 1.74 bits per heavy atom. The number of aryl methyl sites for hydroxylation is 1. The van der Waals surface area contributed by atoms with Crippen molar-refractivity contribution in [1.82, 2.24) is 4.83 Å². The highest BCUT2D eigenvalue weighted by molar-refractivity contribution is 7.89. The molecular formula is C18H20N2O2S. The molecule has 1 aliphatic carbocycles. The summed E-state index contributed by atoms with van der Waals surface area (Å²) >= 11 is 0. The molecule has 2 unspecified atom stereocenters. The van der Waals surface area contributed by atoms with Gasteiger partial charge in [0, 0.05) is 11.6 Å². The normalized spacial score (nSPS) is 21.0. The fourth-order valence-electron chi connectivity index (χ4n) is 2.71. The fourth-order valence-corrected chi connectivity index (χ4v) is 3.57. The van der Waals surface area contributed by atoms with E-state index in [0.29, 0.717) is 11.8 Å². The van der Waals surface area contributed by atoms with Gasteiger partial charge in [0.25, 0.3) is 10.0 Å². The van der Waals surface area contributed by atoms with Crippen LogP contribution in [0.15, 0.2) is 64.6 Å². The molecule has 120 valence electrons. The topological polar surface area (TPSA) is 58.5 Å². The first-order valence-corrected chi connectivity index (χ1v) is 9.13. The van der Waals surface area contributed by atoms with Crippen LogP contribution in [0.1, 0.15) is 30.4 Å². The molecule has 2 aromatic carbocycles. The predicted octanol–water partition coefficient (Wildman–Crippen LogP) is 3.45. The van der Waals surface area contributed by atoms with Gasteiger partial charge >= 0.3 is 0 Å². The third-order valence-corrected chi connectivity index (χ3v) is 5.45. The van der Waals surface area contributed by atoms with E-state index in [-0.39, 0.29) is 4.90 Å². The Morgan fingerprint density at radius 3 is 2.39 bits per heavy atom. The molecule has 0 heterocycles. The van der Waals surface area contributed by atoms with Gasteiger partial charge in [-0.2, -0.15) is 13.5 Å². The molecule has 1 aliphatic rings. The standard InChI is InChI=1S/C18H20N2O2S/c1-13-8-10-16(11-9-13)23(21,22)20-19-14(2)17-12-18(17)15-6-4-3-5-7-15/h3-11,17-18,20H,12H2,1-2H3/b19-14+. The van der Waals surface area contributed by atoms with Crippen molar-refractivity contribution in [1.29, 1.82) is 0 Å². The predicted molar refractivity (Wildman–Crippen MR) is 91.9 cm³/mol. The number of sulfonamides is 1. The van der Waals surface area contributed by atoms with Crippen LogP contribution in [0.25, 0.3) is 0 Å². The Morgan fingerprint density at radius 1 is 1.09 bits per heavy atom. The highest BCUT2D eigenvalue weighted by atomic mass is 32.2. The maximum absolute atomic E-state index is 12.2. The summed E-state index contributed by atoms with van der Waals surface area (Å²) < 4.78 is 24.4. The number of nitrogens with one attached hydrogen (secondary N) is 1. The van der Waals surface area contributed by atoms with Gasteiger partial charge in [0.15, 0.2) is 0 Å². The molecule has 0 saturated heterocycles. The molecule has 4 nitrogen and oxygen atoms in total. The van der Waals surface area contributed by atoms with Gasteiger partial charge < -0.3 is 0 Å². The zero-order valence-electron chi connectivity index (χ0n) is 13.2. The van der Waals surface area contributed by atoms with E-state index in [1.165, 1.54) is 5.56 Å². The van der Waals surface area contributed by atoms with E-state index in [1.807, 2.05) is 32.0 Å². The molecular weight excluding hydrogens is 308 g/mol. The zero-order valence-corrected chi connectivity index (χ0v) is 14.0. The van der Waals surface area contributed by atoms with Crippen LogP contribution < -0.4 is 4.83 Å². The first-order valence-electron chi connectivity index (χ1n) is 7.65. The van der Waals surface area contributed by atoms with Crippen LogP contribution in [0.3, 0.4) is 0 Å². The van der Waals surface area contributed by atoms with Gasteiger partial charge in [0.05, 0.1) is 4.90 Å². The van der Waals surface area contributed by atoms with Crippen LogP contribution in [0, 0.1) is 12.8 Å². The van der Waals surface area contributed by atoms with Crippen molar-refractivity contribution in [2.24, 2.45) is 11.0 Å². The van der Waals surface area contributed by atoms with E-state index in [2.05, 4.69) is 22.1 Å². The number of benzene rings is 2. The lowest BCUT2D eigenvalue weighted by Gasteiger charge is -2.06. The van der Waals surface area contributed by atoms with E-state index >= 15 is 0 Å². The molecule has 0 radical (unpaired) electrons. The SMILES string of the molecule is C/C(=N\NS(=O)(=O)c1ccc(C)cc1)C1CC1c1ccccc1. The second-order valence-electron chi connectivity index (χ2n) is 6.02. The maximum Gasteiger partial charge on any atom is 0.276 e. The molecule has 0 bridgehead atoms. The average Bonchev–Trinajstić information content (AvgIpc) is 3.35. The summed E-state index contributed by atoms with van der Waals surface area (Å²) in [7, 11) is -3.60. The Balaban J connectivity index is 1.67. The minimum Gasteiger partial charge on any atom is -0.200 e. The van der Waals surface area contributed by atoms with Crippen LogP contribution in [-0.4, -0.2) is 14.1 Å². The summed E-state index contributed by atoms with van der Waals surface area (Å²) in [5, 5.41) is 4.11. The van der Waals surface area contributed by atoms with Crippen molar-refractivity contribution in [2.45, 2.75) is 31.1 Å². The molecule has 0 spiro atoms. The fraction of sp³-hybridized carbons (Fsp3) is 0.278. The molecule has 2 aromatic rings. The molecule has 0 aliphatic heterocycles. The van der Waals surface area contributed by atoms with Gasteiger partial charge in [-0.05, 0) is 43.9 Å². The summed E-state index contributed by atoms with van der Waals surface area (Å²) in [6.07, 6.45) is 1.02. The van der Waals surface area contributed by atoms with Crippen molar-refractivity contribution >= 4 is 15.7 Å². The first-order chi connectivity index (χ1) is 11.0.